The number of aryl methyl sites for hydroxylation is 1. The first-order valence-corrected chi connectivity index (χ1v) is 4.54. The smallest absolute Gasteiger partial charge is 0.268 e. The van der Waals surface area contributed by atoms with Crippen molar-refractivity contribution in [1.29, 1.82) is 0 Å². The first-order chi connectivity index (χ1) is 7.18. The van der Waals surface area contributed by atoms with Crippen LogP contribution in [0.2, 0.25) is 0 Å². The lowest BCUT2D eigenvalue weighted by Crippen LogP contribution is -2.27. The molecule has 0 spiro atoms. The maximum absolute atomic E-state index is 11.7. The minimum atomic E-state index is -0.282. The van der Waals surface area contributed by atoms with Crippen molar-refractivity contribution in [2.24, 2.45) is 7.05 Å². The second-order valence-corrected chi connectivity index (χ2v) is 3.26. The summed E-state index contributed by atoms with van der Waals surface area (Å²) in [6.45, 7) is 0. The van der Waals surface area contributed by atoms with Crippen molar-refractivity contribution in [3.05, 3.63) is 57.1 Å². The molecule has 0 amide bonds. The fourth-order valence-corrected chi connectivity index (χ4v) is 1.45. The van der Waals surface area contributed by atoms with Gasteiger partial charge in [0.25, 0.3) is 11.1 Å². The molecule has 76 valence electrons. The summed E-state index contributed by atoms with van der Waals surface area (Å²) in [5.74, 6) is 0. The Labute approximate surface area is 85.8 Å². The maximum atomic E-state index is 11.7. The predicted molar refractivity (Wildman–Crippen MR) is 57.7 cm³/mol. The van der Waals surface area contributed by atoms with Gasteiger partial charge in [0.1, 0.15) is 0 Å². The van der Waals surface area contributed by atoms with Gasteiger partial charge in [0.05, 0.1) is 5.56 Å². The summed E-state index contributed by atoms with van der Waals surface area (Å²) in [4.78, 5) is 22.9. The lowest BCUT2D eigenvalue weighted by atomic mass is 10.1. The molecule has 0 saturated heterocycles. The maximum Gasteiger partial charge on any atom is 0.272 e. The highest BCUT2D eigenvalue weighted by atomic mass is 16.1. The molecule has 1 N–H and O–H groups in total. The summed E-state index contributed by atoms with van der Waals surface area (Å²) in [5, 5.41) is 2.40. The summed E-state index contributed by atoms with van der Waals surface area (Å²) in [5.41, 5.74) is 0.683. The van der Waals surface area contributed by atoms with Crippen molar-refractivity contribution >= 4 is 0 Å². The van der Waals surface area contributed by atoms with Gasteiger partial charge < -0.3 is 0 Å². The van der Waals surface area contributed by atoms with Crippen LogP contribution in [0.4, 0.5) is 0 Å². The molecular formula is C11H10N2O2. The van der Waals surface area contributed by atoms with E-state index in [4.69, 9.17) is 0 Å². The van der Waals surface area contributed by atoms with Crippen LogP contribution in [0.3, 0.4) is 0 Å². The second kappa shape index (κ2) is 3.57. The summed E-state index contributed by atoms with van der Waals surface area (Å²) >= 11 is 0. The molecule has 1 aromatic heterocycles. The van der Waals surface area contributed by atoms with E-state index in [0.717, 1.165) is 5.56 Å². The number of nitrogens with zero attached hydrogens (tertiary/aromatic N) is 1. The lowest BCUT2D eigenvalue weighted by molar-refractivity contribution is 0.694. The third-order valence-electron chi connectivity index (χ3n) is 2.17. The summed E-state index contributed by atoms with van der Waals surface area (Å²) in [6, 6.07) is 10.4. The quantitative estimate of drug-likeness (QED) is 0.741. The van der Waals surface area contributed by atoms with Gasteiger partial charge in [0.2, 0.25) is 0 Å². The molecule has 2 aromatic rings. The van der Waals surface area contributed by atoms with Gasteiger partial charge in [-0.3, -0.25) is 19.4 Å². The van der Waals surface area contributed by atoms with E-state index in [1.807, 2.05) is 18.2 Å². The first kappa shape index (κ1) is 9.45. The molecule has 0 aliphatic carbocycles. The van der Waals surface area contributed by atoms with Crippen molar-refractivity contribution in [1.82, 2.24) is 9.78 Å². The van der Waals surface area contributed by atoms with E-state index < -0.39 is 0 Å². The zero-order valence-corrected chi connectivity index (χ0v) is 8.23. The zero-order valence-electron chi connectivity index (χ0n) is 8.23. The molecule has 0 unspecified atom stereocenters. The standard InChI is InChI=1S/C11H10N2O2/c1-13-11(15)9(7-10(14)12-13)8-5-3-2-4-6-8/h2-7H,1H3,(H,12,14). The predicted octanol–water partition coefficient (Wildman–Crippen LogP) is 0.741. The van der Waals surface area contributed by atoms with Gasteiger partial charge in [-0.15, -0.1) is 0 Å². The van der Waals surface area contributed by atoms with Gasteiger partial charge in [-0.1, -0.05) is 30.3 Å². The number of hydrogen-bond donors (Lipinski definition) is 1. The highest BCUT2D eigenvalue weighted by Crippen LogP contribution is 2.11. The van der Waals surface area contributed by atoms with Crippen LogP contribution in [0.1, 0.15) is 0 Å². The molecule has 0 saturated carbocycles. The Morgan fingerprint density at radius 1 is 1.13 bits per heavy atom. The summed E-state index contributed by atoms with van der Waals surface area (Å²) < 4.78 is 1.19. The molecule has 0 fully saturated rings. The van der Waals surface area contributed by atoms with Gasteiger partial charge in [-0.05, 0) is 5.56 Å². The number of aromatic amines is 1. The van der Waals surface area contributed by atoms with E-state index >= 15 is 0 Å². The van der Waals surface area contributed by atoms with Crippen molar-refractivity contribution in [2.75, 3.05) is 0 Å². The minimum Gasteiger partial charge on any atom is -0.268 e. The normalized spacial score (nSPS) is 10.2. The van der Waals surface area contributed by atoms with Crippen LogP contribution in [-0.4, -0.2) is 9.78 Å². The van der Waals surface area contributed by atoms with E-state index in [0.29, 0.717) is 5.56 Å². The number of rotatable bonds is 1. The number of aromatic nitrogens is 2. The Kier molecular flexibility index (Phi) is 2.25. The summed E-state index contributed by atoms with van der Waals surface area (Å²) in [6.07, 6.45) is 0. The first-order valence-electron chi connectivity index (χ1n) is 4.54. The van der Waals surface area contributed by atoms with Crippen molar-refractivity contribution in [3.63, 3.8) is 0 Å². The Bertz CT molecular complexity index is 582. The molecule has 0 aliphatic heterocycles. The van der Waals surface area contributed by atoms with Crippen LogP contribution in [0.5, 0.6) is 0 Å². The molecular weight excluding hydrogens is 192 g/mol. The van der Waals surface area contributed by atoms with Gasteiger partial charge in [0, 0.05) is 13.1 Å². The number of H-pyrrole nitrogens is 1. The Balaban J connectivity index is 2.74. The van der Waals surface area contributed by atoms with E-state index in [9.17, 15) is 9.59 Å². The SMILES string of the molecule is Cn1[nH]c(=O)cc(-c2ccccc2)c1=O. The van der Waals surface area contributed by atoms with Crippen LogP contribution >= 0.6 is 0 Å². The molecule has 1 aromatic carbocycles. The highest BCUT2D eigenvalue weighted by Gasteiger charge is 2.04. The average Bonchev–Trinajstić information content (AvgIpc) is 2.24. The average molecular weight is 202 g/mol. The molecule has 1 heterocycles. The van der Waals surface area contributed by atoms with Gasteiger partial charge in [-0.2, -0.15) is 0 Å². The Hall–Kier alpha value is -2.10. The molecule has 4 heteroatoms. The second-order valence-electron chi connectivity index (χ2n) is 3.26. The fraction of sp³-hybridized carbons (Fsp3) is 0.0909. The monoisotopic (exact) mass is 202 g/mol. The molecule has 2 rings (SSSR count). The molecule has 0 bridgehead atoms. The number of benzene rings is 1. The van der Waals surface area contributed by atoms with E-state index in [-0.39, 0.29) is 11.1 Å². The van der Waals surface area contributed by atoms with Crippen molar-refractivity contribution in [2.45, 2.75) is 0 Å². The van der Waals surface area contributed by atoms with Crippen LogP contribution in [0, 0.1) is 0 Å². The Morgan fingerprint density at radius 3 is 2.47 bits per heavy atom. The molecule has 0 radical (unpaired) electrons. The third kappa shape index (κ3) is 1.74. The fourth-order valence-electron chi connectivity index (χ4n) is 1.45. The molecule has 15 heavy (non-hydrogen) atoms. The van der Waals surface area contributed by atoms with Crippen LogP contribution in [0.15, 0.2) is 46.0 Å². The van der Waals surface area contributed by atoms with Crippen molar-refractivity contribution < 1.29 is 0 Å². The van der Waals surface area contributed by atoms with Crippen molar-refractivity contribution in [3.8, 4) is 11.1 Å². The van der Waals surface area contributed by atoms with E-state index in [1.165, 1.54) is 17.8 Å². The topological polar surface area (TPSA) is 54.9 Å². The molecule has 4 nitrogen and oxygen atoms in total. The Morgan fingerprint density at radius 2 is 1.80 bits per heavy atom. The molecule has 0 aliphatic rings. The molecule has 0 atom stereocenters. The zero-order chi connectivity index (χ0) is 10.8. The number of nitrogens with one attached hydrogen (secondary N) is 1. The van der Waals surface area contributed by atoms with Gasteiger partial charge in [0.15, 0.2) is 0 Å². The third-order valence-corrected chi connectivity index (χ3v) is 2.17. The highest BCUT2D eigenvalue weighted by molar-refractivity contribution is 5.61. The summed E-state index contributed by atoms with van der Waals surface area (Å²) in [7, 11) is 1.52. The van der Waals surface area contributed by atoms with Crippen LogP contribution < -0.4 is 11.1 Å². The largest absolute Gasteiger partial charge is 0.272 e. The van der Waals surface area contributed by atoms with Crippen LogP contribution in [0.25, 0.3) is 11.1 Å². The van der Waals surface area contributed by atoms with Gasteiger partial charge in [-0.25, -0.2) is 0 Å². The van der Waals surface area contributed by atoms with Crippen LogP contribution in [-0.2, 0) is 7.05 Å². The number of hydrogen-bond acceptors (Lipinski definition) is 2. The minimum absolute atomic E-state index is 0.208. The van der Waals surface area contributed by atoms with E-state index in [1.54, 1.807) is 12.1 Å². The lowest BCUT2D eigenvalue weighted by Gasteiger charge is -2.02. The van der Waals surface area contributed by atoms with E-state index in [2.05, 4.69) is 5.10 Å². The van der Waals surface area contributed by atoms with Gasteiger partial charge >= 0.3 is 0 Å².